The van der Waals surface area contributed by atoms with Crippen LogP contribution in [0.25, 0.3) is 22.4 Å². The second kappa shape index (κ2) is 7.72. The number of esters is 1. The number of aryl methyl sites for hydroxylation is 2. The molecule has 0 radical (unpaired) electrons. The normalized spacial score (nSPS) is 11.8. The molecule has 152 valence electrons. The smallest absolute Gasteiger partial charge is 0.308 e. The first-order valence-electron chi connectivity index (χ1n) is 9.21. The van der Waals surface area contributed by atoms with E-state index in [-0.39, 0.29) is 11.5 Å². The summed E-state index contributed by atoms with van der Waals surface area (Å²) >= 11 is 1.27. The summed E-state index contributed by atoms with van der Waals surface area (Å²) in [5.74, 6) is 1.27. The molecule has 0 saturated carbocycles. The predicted molar refractivity (Wildman–Crippen MR) is 115 cm³/mol. The highest BCUT2D eigenvalue weighted by atomic mass is 32.1. The van der Waals surface area contributed by atoms with Gasteiger partial charge in [-0.1, -0.05) is 23.5 Å². The van der Waals surface area contributed by atoms with E-state index in [1.54, 1.807) is 13.2 Å². The van der Waals surface area contributed by atoms with Crippen molar-refractivity contribution in [2.75, 3.05) is 7.11 Å². The molecule has 4 aromatic rings. The Labute approximate surface area is 176 Å². The summed E-state index contributed by atoms with van der Waals surface area (Å²) in [5.41, 5.74) is 2.98. The number of methoxy groups -OCH3 is 1. The quantitative estimate of drug-likeness (QED) is 0.372. The molecular formula is C22H19N3O4S. The van der Waals surface area contributed by atoms with E-state index in [0.29, 0.717) is 26.8 Å². The maximum atomic E-state index is 12.9. The van der Waals surface area contributed by atoms with Crippen molar-refractivity contribution in [2.24, 2.45) is 0 Å². The minimum Gasteiger partial charge on any atom is -0.496 e. The Bertz CT molecular complexity index is 1360. The van der Waals surface area contributed by atoms with Crippen LogP contribution in [0.3, 0.4) is 0 Å². The highest BCUT2D eigenvalue weighted by Crippen LogP contribution is 2.27. The van der Waals surface area contributed by atoms with Crippen molar-refractivity contribution in [2.45, 2.75) is 20.8 Å². The minimum absolute atomic E-state index is 0.233. The van der Waals surface area contributed by atoms with E-state index in [0.717, 1.165) is 22.3 Å². The van der Waals surface area contributed by atoms with Crippen molar-refractivity contribution in [3.05, 3.63) is 68.0 Å². The minimum atomic E-state index is -0.365. The highest BCUT2D eigenvalue weighted by molar-refractivity contribution is 7.15. The van der Waals surface area contributed by atoms with Gasteiger partial charge >= 0.3 is 5.97 Å². The summed E-state index contributed by atoms with van der Waals surface area (Å²) in [6, 6.07) is 11.2. The van der Waals surface area contributed by atoms with Crippen LogP contribution in [-0.2, 0) is 4.79 Å². The summed E-state index contributed by atoms with van der Waals surface area (Å²) in [6.07, 6.45) is 1.80. The zero-order chi connectivity index (χ0) is 21.4. The molecule has 0 amide bonds. The number of thiazole rings is 1. The molecule has 7 nitrogen and oxygen atoms in total. The van der Waals surface area contributed by atoms with Gasteiger partial charge in [0, 0.05) is 6.92 Å². The van der Waals surface area contributed by atoms with Gasteiger partial charge in [-0.25, -0.2) is 0 Å². The summed E-state index contributed by atoms with van der Waals surface area (Å²) < 4.78 is 12.5. The molecule has 0 N–H and O–H groups in total. The number of ether oxygens (including phenoxy) is 2. The molecule has 30 heavy (non-hydrogen) atoms. The van der Waals surface area contributed by atoms with Crippen molar-refractivity contribution in [3.8, 4) is 22.9 Å². The summed E-state index contributed by atoms with van der Waals surface area (Å²) in [5, 5.41) is 4.38. The molecule has 0 bridgehead atoms. The number of hydrogen-bond donors (Lipinski definition) is 0. The van der Waals surface area contributed by atoms with E-state index >= 15 is 0 Å². The first-order valence-corrected chi connectivity index (χ1v) is 10.0. The fourth-order valence-electron chi connectivity index (χ4n) is 3.30. The number of hydrogen-bond acceptors (Lipinski definition) is 7. The Morgan fingerprint density at radius 3 is 2.50 bits per heavy atom. The van der Waals surface area contributed by atoms with Gasteiger partial charge in [0.1, 0.15) is 11.5 Å². The molecule has 4 rings (SSSR count). The largest absolute Gasteiger partial charge is 0.496 e. The van der Waals surface area contributed by atoms with Gasteiger partial charge in [-0.15, -0.1) is 5.10 Å². The first-order chi connectivity index (χ1) is 14.4. The van der Waals surface area contributed by atoms with Crippen LogP contribution in [0.2, 0.25) is 0 Å². The lowest BCUT2D eigenvalue weighted by Gasteiger charge is -2.10. The van der Waals surface area contributed by atoms with E-state index in [9.17, 15) is 9.59 Å². The van der Waals surface area contributed by atoms with Crippen molar-refractivity contribution >= 4 is 28.3 Å². The predicted octanol–water partition coefficient (Wildman–Crippen LogP) is 2.92. The van der Waals surface area contributed by atoms with Gasteiger partial charge < -0.3 is 9.47 Å². The molecule has 0 saturated heterocycles. The summed E-state index contributed by atoms with van der Waals surface area (Å²) in [4.78, 5) is 29.2. The topological polar surface area (TPSA) is 82.8 Å². The van der Waals surface area contributed by atoms with Gasteiger partial charge in [-0.3, -0.25) is 9.59 Å². The van der Waals surface area contributed by atoms with E-state index in [2.05, 4.69) is 10.1 Å². The lowest BCUT2D eigenvalue weighted by atomic mass is 10.1. The molecule has 0 spiro atoms. The number of fused-ring (bicyclic) bond motifs is 1. The molecule has 0 fully saturated rings. The average Bonchev–Trinajstić information content (AvgIpc) is 3.24. The van der Waals surface area contributed by atoms with Crippen molar-refractivity contribution in [3.63, 3.8) is 0 Å². The van der Waals surface area contributed by atoms with Crippen LogP contribution < -0.4 is 19.6 Å². The highest BCUT2D eigenvalue weighted by Gasteiger charge is 2.15. The SMILES string of the molecule is COc1ccccc1-c1nc2sc(=Cc3cc(C)c(OC(C)=O)c(C)c3)c(=O)n2n1. The van der Waals surface area contributed by atoms with Crippen molar-refractivity contribution in [1.82, 2.24) is 14.6 Å². The van der Waals surface area contributed by atoms with Gasteiger partial charge in [0.15, 0.2) is 5.82 Å². The van der Waals surface area contributed by atoms with Crippen LogP contribution in [0.4, 0.5) is 0 Å². The fraction of sp³-hybridized carbons (Fsp3) is 0.182. The molecule has 0 aliphatic heterocycles. The standard InChI is InChI=1S/C22H19N3O4S/c1-12-9-15(10-13(2)19(12)29-14(3)26)11-18-21(27)25-22(30-18)23-20(24-25)16-7-5-6-8-17(16)28-4/h5-11H,1-4H3. The van der Waals surface area contributed by atoms with Gasteiger partial charge in [0.2, 0.25) is 4.96 Å². The summed E-state index contributed by atoms with van der Waals surface area (Å²) in [7, 11) is 1.58. The first kappa shape index (κ1) is 19.8. The molecule has 8 heteroatoms. The van der Waals surface area contributed by atoms with E-state index in [4.69, 9.17) is 9.47 Å². The van der Waals surface area contributed by atoms with Crippen molar-refractivity contribution < 1.29 is 14.3 Å². The third kappa shape index (κ3) is 3.57. The van der Waals surface area contributed by atoms with E-state index in [1.165, 1.54) is 22.8 Å². The summed E-state index contributed by atoms with van der Waals surface area (Å²) in [6.45, 7) is 5.10. The Hall–Kier alpha value is -3.52. The Morgan fingerprint density at radius 2 is 1.87 bits per heavy atom. The molecule has 0 atom stereocenters. The van der Waals surface area contributed by atoms with Crippen LogP contribution >= 0.6 is 11.3 Å². The monoisotopic (exact) mass is 421 g/mol. The van der Waals surface area contributed by atoms with Crippen molar-refractivity contribution in [1.29, 1.82) is 0 Å². The third-order valence-electron chi connectivity index (χ3n) is 4.56. The zero-order valence-electron chi connectivity index (χ0n) is 16.9. The maximum Gasteiger partial charge on any atom is 0.308 e. The Kier molecular flexibility index (Phi) is 5.09. The Balaban J connectivity index is 1.77. The van der Waals surface area contributed by atoms with Crippen LogP contribution in [-0.4, -0.2) is 27.7 Å². The third-order valence-corrected chi connectivity index (χ3v) is 5.52. The van der Waals surface area contributed by atoms with Crippen LogP contribution in [0.1, 0.15) is 23.6 Å². The molecule has 2 aromatic heterocycles. The second-order valence-corrected chi connectivity index (χ2v) is 7.83. The van der Waals surface area contributed by atoms with Crippen LogP contribution in [0.15, 0.2) is 41.2 Å². The number of rotatable bonds is 4. The fourth-order valence-corrected chi connectivity index (χ4v) is 4.21. The van der Waals surface area contributed by atoms with Crippen LogP contribution in [0.5, 0.6) is 11.5 Å². The number of nitrogens with zero attached hydrogens (tertiary/aromatic N) is 3. The second-order valence-electron chi connectivity index (χ2n) is 6.82. The Morgan fingerprint density at radius 1 is 1.17 bits per heavy atom. The number of carbonyl (C=O) groups excluding carboxylic acids is 1. The molecule has 2 aromatic carbocycles. The molecule has 0 unspecified atom stereocenters. The zero-order valence-corrected chi connectivity index (χ0v) is 17.7. The average molecular weight is 421 g/mol. The molecular weight excluding hydrogens is 402 g/mol. The van der Waals surface area contributed by atoms with Gasteiger partial charge in [-0.05, 0) is 60.9 Å². The lowest BCUT2D eigenvalue weighted by molar-refractivity contribution is -0.131. The lowest BCUT2D eigenvalue weighted by Crippen LogP contribution is -2.23. The van der Waals surface area contributed by atoms with Gasteiger partial charge in [0.25, 0.3) is 5.56 Å². The van der Waals surface area contributed by atoms with E-state index < -0.39 is 0 Å². The van der Waals surface area contributed by atoms with Crippen LogP contribution in [0, 0.1) is 13.8 Å². The molecule has 0 aliphatic carbocycles. The van der Waals surface area contributed by atoms with Gasteiger partial charge in [-0.2, -0.15) is 9.50 Å². The maximum absolute atomic E-state index is 12.9. The molecule has 2 heterocycles. The number of carbonyl (C=O) groups is 1. The number of benzene rings is 2. The molecule has 0 aliphatic rings. The van der Waals surface area contributed by atoms with E-state index in [1.807, 2.05) is 50.2 Å². The number of para-hydroxylation sites is 1. The number of aromatic nitrogens is 3. The van der Waals surface area contributed by atoms with Gasteiger partial charge in [0.05, 0.1) is 17.2 Å².